The fourth-order valence-corrected chi connectivity index (χ4v) is 2.34. The largest absolute Gasteiger partial charge is 0.497 e. The lowest BCUT2D eigenvalue weighted by molar-refractivity contribution is 0.112. The van der Waals surface area contributed by atoms with E-state index in [1.807, 2.05) is 30.3 Å². The number of aldehydes is 1. The van der Waals surface area contributed by atoms with Crippen LogP contribution in [0.1, 0.15) is 23.2 Å². The molecular weight excluding hydrogens is 288 g/mol. The minimum atomic E-state index is 0.312. The molecule has 108 valence electrons. The normalized spacial score (nSPS) is 13.8. The first-order valence-corrected chi connectivity index (χ1v) is 7.18. The minimum Gasteiger partial charge on any atom is -0.497 e. The second-order valence-corrected chi connectivity index (χ2v) is 5.48. The second-order valence-electron chi connectivity index (χ2n) is 5.08. The molecule has 0 bridgehead atoms. The molecule has 0 atom stereocenters. The smallest absolute Gasteiger partial charge is 0.150 e. The van der Waals surface area contributed by atoms with Gasteiger partial charge in [0.05, 0.1) is 18.2 Å². The Morgan fingerprint density at radius 3 is 2.57 bits per heavy atom. The predicted octanol–water partition coefficient (Wildman–Crippen LogP) is 4.37. The summed E-state index contributed by atoms with van der Waals surface area (Å²) in [6, 6.07) is 11.0. The summed E-state index contributed by atoms with van der Waals surface area (Å²) in [5.74, 6) is 1.35. The summed E-state index contributed by atoms with van der Waals surface area (Å²) in [4.78, 5) is 11.0. The molecule has 1 aliphatic rings. The number of carbonyl (C=O) groups is 1. The maximum atomic E-state index is 11.0. The summed E-state index contributed by atoms with van der Waals surface area (Å²) in [6.45, 7) is 0. The van der Waals surface area contributed by atoms with Crippen molar-refractivity contribution in [3.05, 3.63) is 47.0 Å². The van der Waals surface area contributed by atoms with Crippen molar-refractivity contribution in [1.82, 2.24) is 0 Å². The van der Waals surface area contributed by atoms with Crippen molar-refractivity contribution >= 4 is 17.9 Å². The van der Waals surface area contributed by atoms with Crippen LogP contribution < -0.4 is 9.47 Å². The number of benzene rings is 2. The molecule has 1 fully saturated rings. The maximum Gasteiger partial charge on any atom is 0.150 e. The van der Waals surface area contributed by atoms with E-state index in [1.165, 1.54) is 0 Å². The summed E-state index contributed by atoms with van der Waals surface area (Å²) in [5.41, 5.74) is 2.38. The van der Waals surface area contributed by atoms with Crippen LogP contribution in [0.4, 0.5) is 0 Å². The number of carbonyl (C=O) groups excluding carboxylic acids is 1. The Bertz CT molecular complexity index is 678. The molecule has 0 unspecified atom stereocenters. The molecular formula is C17H15ClO3. The van der Waals surface area contributed by atoms with Gasteiger partial charge in [-0.1, -0.05) is 17.7 Å². The van der Waals surface area contributed by atoms with Crippen molar-refractivity contribution in [3.8, 4) is 22.6 Å². The van der Waals surface area contributed by atoms with Crippen molar-refractivity contribution in [2.45, 2.75) is 18.9 Å². The standard InChI is InChI=1S/C17H15ClO3/c1-20-15-7-11(10-19)6-13(8-15)12-2-5-17(16(18)9-12)21-14-3-4-14/h2,5-10,14H,3-4H2,1H3. The van der Waals surface area contributed by atoms with Gasteiger partial charge in [-0.15, -0.1) is 0 Å². The first kappa shape index (κ1) is 14.0. The van der Waals surface area contributed by atoms with Gasteiger partial charge in [-0.25, -0.2) is 0 Å². The molecule has 3 nitrogen and oxygen atoms in total. The molecule has 0 radical (unpaired) electrons. The maximum absolute atomic E-state index is 11.0. The Morgan fingerprint density at radius 2 is 1.95 bits per heavy atom. The highest BCUT2D eigenvalue weighted by molar-refractivity contribution is 6.32. The Morgan fingerprint density at radius 1 is 1.14 bits per heavy atom. The van der Waals surface area contributed by atoms with Gasteiger partial charge in [0.15, 0.2) is 0 Å². The molecule has 0 amide bonds. The van der Waals surface area contributed by atoms with Gasteiger partial charge >= 0.3 is 0 Å². The summed E-state index contributed by atoms with van der Waals surface area (Å²) >= 11 is 6.27. The van der Waals surface area contributed by atoms with E-state index in [0.717, 1.165) is 30.3 Å². The first-order valence-electron chi connectivity index (χ1n) is 6.80. The lowest BCUT2D eigenvalue weighted by atomic mass is 10.0. The minimum absolute atomic E-state index is 0.312. The van der Waals surface area contributed by atoms with Crippen LogP contribution in [-0.4, -0.2) is 19.5 Å². The van der Waals surface area contributed by atoms with E-state index in [9.17, 15) is 4.79 Å². The summed E-state index contributed by atoms with van der Waals surface area (Å²) in [5, 5.41) is 0.579. The summed E-state index contributed by atoms with van der Waals surface area (Å²) in [7, 11) is 1.58. The van der Waals surface area contributed by atoms with Crippen LogP contribution in [0.15, 0.2) is 36.4 Å². The van der Waals surface area contributed by atoms with Crippen molar-refractivity contribution in [2.24, 2.45) is 0 Å². The monoisotopic (exact) mass is 302 g/mol. The van der Waals surface area contributed by atoms with Gasteiger partial charge in [-0.2, -0.15) is 0 Å². The summed E-state index contributed by atoms with van der Waals surface area (Å²) in [6.07, 6.45) is 3.30. The molecule has 1 aliphatic carbocycles. The highest BCUT2D eigenvalue weighted by Crippen LogP contribution is 2.35. The van der Waals surface area contributed by atoms with Crippen molar-refractivity contribution in [1.29, 1.82) is 0 Å². The first-order chi connectivity index (χ1) is 10.2. The van der Waals surface area contributed by atoms with Gasteiger partial charge in [0.1, 0.15) is 17.8 Å². The van der Waals surface area contributed by atoms with Crippen LogP contribution in [0.5, 0.6) is 11.5 Å². The Hall–Kier alpha value is -2.00. The van der Waals surface area contributed by atoms with Gasteiger partial charge in [0.2, 0.25) is 0 Å². The molecule has 4 heteroatoms. The molecule has 0 saturated heterocycles. The van der Waals surface area contributed by atoms with Crippen LogP contribution in [0.3, 0.4) is 0 Å². The summed E-state index contributed by atoms with van der Waals surface area (Å²) < 4.78 is 10.9. The SMILES string of the molecule is COc1cc(C=O)cc(-c2ccc(OC3CC3)c(Cl)c2)c1. The fourth-order valence-electron chi connectivity index (χ4n) is 2.12. The molecule has 2 aromatic carbocycles. The zero-order valence-corrected chi connectivity index (χ0v) is 12.4. The average Bonchev–Trinajstić information content (AvgIpc) is 3.32. The number of halogens is 1. The molecule has 2 aromatic rings. The van der Waals surface area contributed by atoms with Crippen LogP contribution in [-0.2, 0) is 0 Å². The van der Waals surface area contributed by atoms with Crippen molar-refractivity contribution < 1.29 is 14.3 Å². The van der Waals surface area contributed by atoms with Crippen LogP contribution in [0.25, 0.3) is 11.1 Å². The number of rotatable bonds is 5. The molecule has 0 heterocycles. The molecule has 0 spiro atoms. The quantitative estimate of drug-likeness (QED) is 0.769. The number of hydrogen-bond donors (Lipinski definition) is 0. The number of hydrogen-bond acceptors (Lipinski definition) is 3. The van der Waals surface area contributed by atoms with Gasteiger partial charge < -0.3 is 9.47 Å². The van der Waals surface area contributed by atoms with Crippen molar-refractivity contribution in [3.63, 3.8) is 0 Å². The Labute approximate surface area is 128 Å². The van der Waals surface area contributed by atoms with E-state index in [2.05, 4.69) is 0 Å². The highest BCUT2D eigenvalue weighted by atomic mass is 35.5. The predicted molar refractivity (Wildman–Crippen MR) is 82.5 cm³/mol. The lowest BCUT2D eigenvalue weighted by Gasteiger charge is -2.10. The Balaban J connectivity index is 1.95. The lowest BCUT2D eigenvalue weighted by Crippen LogP contribution is -1.96. The Kier molecular flexibility index (Phi) is 3.84. The van der Waals surface area contributed by atoms with Crippen LogP contribution >= 0.6 is 11.6 Å². The molecule has 0 N–H and O–H groups in total. The van der Waals surface area contributed by atoms with Crippen LogP contribution in [0.2, 0.25) is 5.02 Å². The molecule has 1 saturated carbocycles. The van der Waals surface area contributed by atoms with E-state index < -0.39 is 0 Å². The molecule has 3 rings (SSSR count). The molecule has 0 aliphatic heterocycles. The van der Waals surface area contributed by atoms with Gasteiger partial charge in [-0.05, 0) is 54.3 Å². The second kappa shape index (κ2) is 5.78. The van der Waals surface area contributed by atoms with E-state index in [1.54, 1.807) is 13.2 Å². The third-order valence-corrected chi connectivity index (χ3v) is 3.68. The van der Waals surface area contributed by atoms with E-state index in [-0.39, 0.29) is 0 Å². The fraction of sp³-hybridized carbons (Fsp3) is 0.235. The van der Waals surface area contributed by atoms with E-state index in [0.29, 0.717) is 28.2 Å². The van der Waals surface area contributed by atoms with E-state index in [4.69, 9.17) is 21.1 Å². The van der Waals surface area contributed by atoms with E-state index >= 15 is 0 Å². The average molecular weight is 303 g/mol. The number of methoxy groups -OCH3 is 1. The molecule has 0 aromatic heterocycles. The third kappa shape index (κ3) is 3.19. The topological polar surface area (TPSA) is 35.5 Å². The third-order valence-electron chi connectivity index (χ3n) is 3.38. The highest BCUT2D eigenvalue weighted by Gasteiger charge is 2.24. The van der Waals surface area contributed by atoms with Gasteiger partial charge in [-0.3, -0.25) is 4.79 Å². The zero-order chi connectivity index (χ0) is 14.8. The van der Waals surface area contributed by atoms with Gasteiger partial charge in [0, 0.05) is 5.56 Å². The van der Waals surface area contributed by atoms with Crippen LogP contribution in [0, 0.1) is 0 Å². The number of ether oxygens (including phenoxy) is 2. The zero-order valence-electron chi connectivity index (χ0n) is 11.6. The van der Waals surface area contributed by atoms with Crippen molar-refractivity contribution in [2.75, 3.05) is 7.11 Å². The van der Waals surface area contributed by atoms with Gasteiger partial charge in [0.25, 0.3) is 0 Å². The molecule has 21 heavy (non-hydrogen) atoms.